The van der Waals surface area contributed by atoms with E-state index >= 15 is 0 Å². The summed E-state index contributed by atoms with van der Waals surface area (Å²) in [6, 6.07) is 0. The Hall–Kier alpha value is -1.40. The molecular formula is C6H7F3N4. The van der Waals surface area contributed by atoms with E-state index in [9.17, 15) is 13.2 Å². The molecule has 0 unspecified atom stereocenters. The first-order chi connectivity index (χ1) is 5.97. The molecule has 2 N–H and O–H groups in total. The molecule has 0 radical (unpaired) electrons. The molecule has 0 aliphatic heterocycles. The number of aryl methyl sites for hydroxylation is 1. The van der Waals surface area contributed by atoms with Gasteiger partial charge in [0, 0.05) is 6.42 Å². The van der Waals surface area contributed by atoms with Crippen molar-refractivity contribution in [3.05, 3.63) is 12.2 Å². The van der Waals surface area contributed by atoms with Gasteiger partial charge in [0.25, 0.3) is 0 Å². The van der Waals surface area contributed by atoms with Crippen LogP contribution in [0.15, 0.2) is 6.33 Å². The fraction of sp³-hybridized carbons (Fsp3) is 0.500. The van der Waals surface area contributed by atoms with Gasteiger partial charge >= 0.3 is 6.18 Å². The Balaban J connectivity index is 2.55. The molecule has 1 aromatic heterocycles. The Morgan fingerprint density at radius 3 is 2.54 bits per heavy atom. The van der Waals surface area contributed by atoms with Crippen LogP contribution in [-0.4, -0.2) is 21.1 Å². The largest absolute Gasteiger partial charge is 0.389 e. The predicted molar refractivity (Wildman–Crippen MR) is 38.6 cm³/mol. The molecule has 13 heavy (non-hydrogen) atoms. The third-order valence-corrected chi connectivity index (χ3v) is 1.27. The van der Waals surface area contributed by atoms with Crippen molar-refractivity contribution in [2.45, 2.75) is 19.0 Å². The van der Waals surface area contributed by atoms with E-state index in [0.29, 0.717) is 0 Å². The van der Waals surface area contributed by atoms with Crippen molar-refractivity contribution in [3.8, 4) is 0 Å². The number of nitrogens with two attached hydrogens (primary N) is 1. The van der Waals surface area contributed by atoms with Crippen LogP contribution in [0.5, 0.6) is 0 Å². The molecule has 0 aromatic carbocycles. The number of nitrogen functional groups attached to an aromatic ring is 1. The number of alkyl halides is 3. The predicted octanol–water partition coefficient (Wildman–Crippen LogP) is 0.949. The van der Waals surface area contributed by atoms with E-state index in [2.05, 4.69) is 15.0 Å². The minimum absolute atomic E-state index is 0.0600. The van der Waals surface area contributed by atoms with Crippen molar-refractivity contribution in [1.82, 2.24) is 15.0 Å². The lowest BCUT2D eigenvalue weighted by molar-refractivity contribution is -0.134. The maximum atomic E-state index is 11.7. The molecule has 0 fully saturated rings. The number of hydrogen-bond acceptors (Lipinski definition) is 4. The number of anilines is 1. The lowest BCUT2D eigenvalue weighted by Crippen LogP contribution is -2.11. The third kappa shape index (κ3) is 3.68. The first kappa shape index (κ1) is 9.69. The third-order valence-electron chi connectivity index (χ3n) is 1.27. The summed E-state index contributed by atoms with van der Waals surface area (Å²) in [4.78, 5) is 10.5. The van der Waals surface area contributed by atoms with Crippen LogP contribution in [0.4, 0.5) is 19.1 Å². The lowest BCUT2D eigenvalue weighted by Gasteiger charge is -2.04. The summed E-state index contributed by atoms with van der Waals surface area (Å²) in [5.41, 5.74) is 5.15. The second-order valence-electron chi connectivity index (χ2n) is 2.38. The summed E-state index contributed by atoms with van der Waals surface area (Å²) >= 11 is 0. The number of halogens is 3. The van der Waals surface area contributed by atoms with Gasteiger partial charge in [-0.05, 0) is 0 Å². The molecule has 0 saturated heterocycles. The SMILES string of the molecule is Nc1ncnc(CCC(F)(F)F)n1. The van der Waals surface area contributed by atoms with E-state index in [1.807, 2.05) is 0 Å². The molecule has 0 spiro atoms. The van der Waals surface area contributed by atoms with Crippen molar-refractivity contribution in [3.63, 3.8) is 0 Å². The zero-order chi connectivity index (χ0) is 9.90. The smallest absolute Gasteiger partial charge is 0.368 e. The molecule has 0 aliphatic carbocycles. The zero-order valence-corrected chi connectivity index (χ0v) is 6.54. The maximum absolute atomic E-state index is 11.7. The van der Waals surface area contributed by atoms with Crippen molar-refractivity contribution in [2.75, 3.05) is 5.73 Å². The van der Waals surface area contributed by atoms with E-state index in [1.165, 1.54) is 0 Å². The van der Waals surface area contributed by atoms with Gasteiger partial charge in [-0.25, -0.2) is 9.97 Å². The van der Waals surface area contributed by atoms with Crippen LogP contribution in [0.2, 0.25) is 0 Å². The monoisotopic (exact) mass is 192 g/mol. The molecule has 7 heteroatoms. The number of hydrogen-bond donors (Lipinski definition) is 1. The molecule has 0 amide bonds. The molecule has 1 heterocycles. The highest BCUT2D eigenvalue weighted by atomic mass is 19.4. The van der Waals surface area contributed by atoms with Gasteiger partial charge in [-0.3, -0.25) is 0 Å². The first-order valence-corrected chi connectivity index (χ1v) is 3.47. The van der Waals surface area contributed by atoms with Gasteiger partial charge in [0.15, 0.2) is 0 Å². The van der Waals surface area contributed by atoms with Crippen LogP contribution in [0.3, 0.4) is 0 Å². The summed E-state index contributed by atoms with van der Waals surface area (Å²) in [5, 5.41) is 0. The highest BCUT2D eigenvalue weighted by Gasteiger charge is 2.27. The van der Waals surface area contributed by atoms with Crippen molar-refractivity contribution < 1.29 is 13.2 Å². The summed E-state index contributed by atoms with van der Waals surface area (Å²) in [7, 11) is 0. The Morgan fingerprint density at radius 2 is 2.00 bits per heavy atom. The average molecular weight is 192 g/mol. The van der Waals surface area contributed by atoms with Crippen LogP contribution in [0.1, 0.15) is 12.2 Å². The van der Waals surface area contributed by atoms with E-state index < -0.39 is 12.6 Å². The Bertz CT molecular complexity index is 285. The summed E-state index contributed by atoms with van der Waals surface area (Å²) in [6.45, 7) is 0. The molecule has 0 atom stereocenters. The molecule has 0 saturated carbocycles. The van der Waals surface area contributed by atoms with Gasteiger partial charge < -0.3 is 5.73 Å². The van der Waals surface area contributed by atoms with Crippen molar-refractivity contribution >= 4 is 5.95 Å². The normalized spacial score (nSPS) is 11.6. The van der Waals surface area contributed by atoms with E-state index in [0.717, 1.165) is 6.33 Å². The fourth-order valence-corrected chi connectivity index (χ4v) is 0.719. The van der Waals surface area contributed by atoms with Gasteiger partial charge in [0.2, 0.25) is 5.95 Å². The lowest BCUT2D eigenvalue weighted by atomic mass is 10.3. The van der Waals surface area contributed by atoms with Gasteiger partial charge in [0.05, 0.1) is 6.42 Å². The van der Waals surface area contributed by atoms with E-state index in [-0.39, 0.29) is 18.2 Å². The molecule has 72 valence electrons. The van der Waals surface area contributed by atoms with Crippen LogP contribution >= 0.6 is 0 Å². The molecule has 1 aromatic rings. The minimum Gasteiger partial charge on any atom is -0.368 e. The summed E-state index contributed by atoms with van der Waals surface area (Å²) < 4.78 is 35.2. The second-order valence-corrected chi connectivity index (χ2v) is 2.38. The molecule has 0 bridgehead atoms. The Morgan fingerprint density at radius 1 is 1.31 bits per heavy atom. The number of rotatable bonds is 2. The standard InChI is InChI=1S/C6H7F3N4/c7-6(8,9)2-1-4-11-3-12-5(10)13-4/h3H,1-2H2,(H2,10,11,12,13). The van der Waals surface area contributed by atoms with Crippen LogP contribution in [0, 0.1) is 0 Å². The van der Waals surface area contributed by atoms with Crippen LogP contribution in [-0.2, 0) is 6.42 Å². The number of nitrogens with zero attached hydrogens (tertiary/aromatic N) is 3. The number of aromatic nitrogens is 3. The van der Waals surface area contributed by atoms with Crippen molar-refractivity contribution in [1.29, 1.82) is 0 Å². The molecule has 4 nitrogen and oxygen atoms in total. The second kappa shape index (κ2) is 3.55. The Kier molecular flexibility index (Phi) is 2.64. The van der Waals surface area contributed by atoms with Crippen LogP contribution in [0.25, 0.3) is 0 Å². The zero-order valence-electron chi connectivity index (χ0n) is 6.54. The van der Waals surface area contributed by atoms with Crippen molar-refractivity contribution in [2.24, 2.45) is 0 Å². The van der Waals surface area contributed by atoms with Gasteiger partial charge in [-0.15, -0.1) is 0 Å². The summed E-state index contributed by atoms with van der Waals surface area (Å²) in [6.07, 6.45) is -4.32. The Labute approximate surface area is 72.0 Å². The minimum atomic E-state index is -4.19. The van der Waals surface area contributed by atoms with Gasteiger partial charge in [-0.1, -0.05) is 0 Å². The van der Waals surface area contributed by atoms with E-state index in [4.69, 9.17) is 5.73 Å². The molecule has 1 rings (SSSR count). The quantitative estimate of drug-likeness (QED) is 0.757. The molecule has 0 aliphatic rings. The first-order valence-electron chi connectivity index (χ1n) is 3.47. The van der Waals surface area contributed by atoms with Gasteiger partial charge in [-0.2, -0.15) is 18.2 Å². The summed E-state index contributed by atoms with van der Waals surface area (Å²) in [5.74, 6) is -0.00278. The average Bonchev–Trinajstić information content (AvgIpc) is 2.00. The highest BCUT2D eigenvalue weighted by molar-refractivity contribution is 5.12. The van der Waals surface area contributed by atoms with E-state index in [1.54, 1.807) is 0 Å². The molecular weight excluding hydrogens is 185 g/mol. The topological polar surface area (TPSA) is 64.7 Å². The maximum Gasteiger partial charge on any atom is 0.389 e. The van der Waals surface area contributed by atoms with Gasteiger partial charge in [0.1, 0.15) is 12.2 Å². The van der Waals surface area contributed by atoms with Crippen LogP contribution < -0.4 is 5.73 Å². The fourth-order valence-electron chi connectivity index (χ4n) is 0.719. The highest BCUT2D eigenvalue weighted by Crippen LogP contribution is 2.20.